The van der Waals surface area contributed by atoms with Crippen LogP contribution in [0.5, 0.6) is 0 Å². The van der Waals surface area contributed by atoms with Gasteiger partial charge in [-0.25, -0.2) is 5.01 Å². The molecule has 70 valence electrons. The Morgan fingerprint density at radius 1 is 1.33 bits per heavy atom. The molecule has 0 saturated heterocycles. The summed E-state index contributed by atoms with van der Waals surface area (Å²) in [5.41, 5.74) is 4.03. The van der Waals surface area contributed by atoms with Gasteiger partial charge in [-0.05, 0) is 6.42 Å². The smallest absolute Gasteiger partial charge is 0.157 e. The van der Waals surface area contributed by atoms with Crippen molar-refractivity contribution in [3.63, 3.8) is 0 Å². The first-order valence-corrected chi connectivity index (χ1v) is 4.27. The summed E-state index contributed by atoms with van der Waals surface area (Å²) in [5.74, 6) is 0.168. The van der Waals surface area contributed by atoms with E-state index in [4.69, 9.17) is 0 Å². The van der Waals surface area contributed by atoms with Gasteiger partial charge in [-0.3, -0.25) is 4.79 Å². The van der Waals surface area contributed by atoms with E-state index in [2.05, 4.69) is 5.43 Å². The molecule has 0 amide bonds. The van der Waals surface area contributed by atoms with E-state index >= 15 is 0 Å². The lowest BCUT2D eigenvalue weighted by molar-refractivity contribution is -0.114. The average molecular weight is 170 g/mol. The summed E-state index contributed by atoms with van der Waals surface area (Å²) in [5, 5.41) is 1.83. The van der Waals surface area contributed by atoms with Gasteiger partial charge in [-0.2, -0.15) is 0 Å². The molecule has 0 radical (unpaired) electrons. The maximum atomic E-state index is 11.0. The second-order valence-electron chi connectivity index (χ2n) is 2.85. The number of allylic oxidation sites excluding steroid dienone is 2. The topological polar surface area (TPSA) is 32.3 Å². The fraction of sp³-hybridized carbons (Fsp3) is 0.667. The molecule has 0 bridgehead atoms. The Bertz CT molecular complexity index is 173. The van der Waals surface area contributed by atoms with Crippen LogP contribution in [0.2, 0.25) is 0 Å². The van der Waals surface area contributed by atoms with Crippen molar-refractivity contribution in [3.05, 3.63) is 11.8 Å². The van der Waals surface area contributed by atoms with Crippen molar-refractivity contribution in [2.75, 3.05) is 14.1 Å². The van der Waals surface area contributed by atoms with Gasteiger partial charge < -0.3 is 5.43 Å². The third-order valence-corrected chi connectivity index (χ3v) is 1.43. The molecule has 3 nitrogen and oxygen atoms in total. The molecule has 0 heterocycles. The highest BCUT2D eigenvalue weighted by molar-refractivity contribution is 5.89. The molecule has 0 spiro atoms. The first kappa shape index (κ1) is 11.2. The summed E-state index contributed by atoms with van der Waals surface area (Å²) < 4.78 is 0. The molecule has 0 saturated carbocycles. The van der Waals surface area contributed by atoms with Crippen molar-refractivity contribution in [1.29, 1.82) is 0 Å². The second-order valence-corrected chi connectivity index (χ2v) is 2.85. The van der Waals surface area contributed by atoms with Gasteiger partial charge in [-0.15, -0.1) is 0 Å². The molecule has 0 fully saturated rings. The van der Waals surface area contributed by atoms with Crippen LogP contribution < -0.4 is 5.43 Å². The molecule has 3 heteroatoms. The lowest BCUT2D eigenvalue weighted by Gasteiger charge is -2.15. The van der Waals surface area contributed by atoms with Crippen molar-refractivity contribution in [2.45, 2.75) is 26.7 Å². The Balaban J connectivity index is 4.13. The zero-order valence-corrected chi connectivity index (χ0v) is 8.35. The molecule has 0 unspecified atom stereocenters. The number of ketones is 1. The summed E-state index contributed by atoms with van der Waals surface area (Å²) in [6.45, 7) is 3.88. The lowest BCUT2D eigenvalue weighted by Crippen LogP contribution is -2.29. The zero-order valence-electron chi connectivity index (χ0n) is 8.35. The Morgan fingerprint density at radius 3 is 2.25 bits per heavy atom. The Kier molecular flexibility index (Phi) is 5.37. The van der Waals surface area contributed by atoms with Gasteiger partial charge in [0, 0.05) is 32.3 Å². The maximum Gasteiger partial charge on any atom is 0.157 e. The number of carbonyl (C=O) groups excluding carboxylic acids is 1. The molecule has 0 aliphatic heterocycles. The van der Waals surface area contributed by atoms with Crippen molar-refractivity contribution < 1.29 is 4.79 Å². The van der Waals surface area contributed by atoms with Crippen LogP contribution >= 0.6 is 0 Å². The van der Waals surface area contributed by atoms with E-state index in [1.807, 2.05) is 33.0 Å². The Hall–Kier alpha value is -0.830. The minimum absolute atomic E-state index is 0.168. The average Bonchev–Trinajstić information content (AvgIpc) is 2.02. The van der Waals surface area contributed by atoms with E-state index in [0.717, 1.165) is 12.1 Å². The highest BCUT2D eigenvalue weighted by Gasteiger charge is 1.98. The van der Waals surface area contributed by atoms with E-state index in [1.54, 1.807) is 6.08 Å². The molecule has 1 N–H and O–H groups in total. The molecule has 0 aliphatic carbocycles. The number of hydrazine groups is 1. The van der Waals surface area contributed by atoms with Gasteiger partial charge in [0.15, 0.2) is 5.78 Å². The van der Waals surface area contributed by atoms with E-state index in [0.29, 0.717) is 6.42 Å². The number of hydrogen-bond donors (Lipinski definition) is 1. The van der Waals surface area contributed by atoms with Crippen molar-refractivity contribution >= 4 is 5.78 Å². The van der Waals surface area contributed by atoms with E-state index < -0.39 is 0 Å². The van der Waals surface area contributed by atoms with Crippen LogP contribution in [0, 0.1) is 0 Å². The zero-order chi connectivity index (χ0) is 9.56. The van der Waals surface area contributed by atoms with Crippen molar-refractivity contribution in [2.24, 2.45) is 0 Å². The summed E-state index contributed by atoms with van der Waals surface area (Å²) >= 11 is 0. The first-order chi connectivity index (χ1) is 5.60. The predicted molar refractivity (Wildman–Crippen MR) is 50.5 cm³/mol. The molecule has 0 aromatic carbocycles. The van der Waals surface area contributed by atoms with Crippen LogP contribution in [0.4, 0.5) is 0 Å². The standard InChI is InChI=1S/C9H18N2O/c1-5-8(10-11(3)4)7-9(12)6-2/h7,10H,5-6H2,1-4H3. The van der Waals surface area contributed by atoms with Crippen molar-refractivity contribution in [1.82, 2.24) is 10.4 Å². The molecule has 0 aliphatic rings. The number of nitrogens with zero attached hydrogens (tertiary/aromatic N) is 1. The van der Waals surface area contributed by atoms with Gasteiger partial charge in [0.25, 0.3) is 0 Å². The fourth-order valence-electron chi connectivity index (χ4n) is 0.797. The largest absolute Gasteiger partial charge is 0.323 e. The maximum absolute atomic E-state index is 11.0. The molecular weight excluding hydrogens is 152 g/mol. The van der Waals surface area contributed by atoms with Crippen LogP contribution in [-0.2, 0) is 4.79 Å². The fourth-order valence-corrected chi connectivity index (χ4v) is 0.797. The molecule has 12 heavy (non-hydrogen) atoms. The molecule has 0 aromatic heterocycles. The number of hydrogen-bond acceptors (Lipinski definition) is 3. The summed E-state index contributed by atoms with van der Waals surface area (Å²) in [6.07, 6.45) is 3.09. The van der Waals surface area contributed by atoms with Crippen LogP contribution in [0.15, 0.2) is 11.8 Å². The molecule has 0 aromatic rings. The SMILES string of the molecule is CCC(=O)C=C(CC)NN(C)C. The number of nitrogens with one attached hydrogen (secondary N) is 1. The Morgan fingerprint density at radius 2 is 1.92 bits per heavy atom. The normalized spacial score (nSPS) is 11.9. The van der Waals surface area contributed by atoms with Crippen LogP contribution in [-0.4, -0.2) is 24.9 Å². The van der Waals surface area contributed by atoms with Gasteiger partial charge in [0.1, 0.15) is 0 Å². The van der Waals surface area contributed by atoms with Crippen molar-refractivity contribution in [3.8, 4) is 0 Å². The summed E-state index contributed by atoms with van der Waals surface area (Å²) in [6, 6.07) is 0. The third kappa shape index (κ3) is 4.91. The van der Waals surface area contributed by atoms with E-state index in [1.165, 1.54) is 0 Å². The molecular formula is C9H18N2O. The summed E-state index contributed by atoms with van der Waals surface area (Å²) in [7, 11) is 3.81. The highest BCUT2D eigenvalue weighted by Crippen LogP contribution is 1.97. The minimum atomic E-state index is 0.168. The number of carbonyl (C=O) groups is 1. The van der Waals surface area contributed by atoms with Gasteiger partial charge in [0.05, 0.1) is 0 Å². The van der Waals surface area contributed by atoms with Gasteiger partial charge in [-0.1, -0.05) is 13.8 Å². The minimum Gasteiger partial charge on any atom is -0.323 e. The first-order valence-electron chi connectivity index (χ1n) is 4.27. The van der Waals surface area contributed by atoms with E-state index in [-0.39, 0.29) is 5.78 Å². The highest BCUT2D eigenvalue weighted by atomic mass is 16.1. The molecule has 0 atom stereocenters. The second kappa shape index (κ2) is 5.77. The van der Waals surface area contributed by atoms with Crippen LogP contribution in [0.3, 0.4) is 0 Å². The molecule has 0 rings (SSSR count). The lowest BCUT2D eigenvalue weighted by atomic mass is 10.2. The Labute approximate surface area is 74.4 Å². The van der Waals surface area contributed by atoms with Gasteiger partial charge in [0.2, 0.25) is 0 Å². The quantitative estimate of drug-likeness (QED) is 0.499. The monoisotopic (exact) mass is 170 g/mol. The summed E-state index contributed by atoms with van der Waals surface area (Å²) in [4.78, 5) is 11.0. The van der Waals surface area contributed by atoms with E-state index in [9.17, 15) is 4.79 Å². The number of rotatable bonds is 5. The van der Waals surface area contributed by atoms with Crippen LogP contribution in [0.1, 0.15) is 26.7 Å². The third-order valence-electron chi connectivity index (χ3n) is 1.43. The predicted octanol–water partition coefficient (Wildman–Crippen LogP) is 1.33. The van der Waals surface area contributed by atoms with Gasteiger partial charge >= 0.3 is 0 Å². The van der Waals surface area contributed by atoms with Crippen LogP contribution in [0.25, 0.3) is 0 Å².